The number of hydrogen-bond acceptors (Lipinski definition) is 6. The third kappa shape index (κ3) is 5.11. The van der Waals surface area contributed by atoms with Gasteiger partial charge in [0.15, 0.2) is 5.75 Å². The van der Waals surface area contributed by atoms with Crippen molar-refractivity contribution in [2.24, 2.45) is 5.41 Å². The molecule has 2 N–H and O–H groups in total. The zero-order chi connectivity index (χ0) is 20.5. The van der Waals surface area contributed by atoms with E-state index in [-0.39, 0.29) is 17.1 Å². The average molecular weight is 391 g/mol. The van der Waals surface area contributed by atoms with Crippen molar-refractivity contribution in [3.8, 4) is 5.75 Å². The van der Waals surface area contributed by atoms with Crippen LogP contribution in [0.25, 0.3) is 0 Å². The van der Waals surface area contributed by atoms with Gasteiger partial charge in [-0.15, -0.1) is 0 Å². The molecule has 0 unspecified atom stereocenters. The van der Waals surface area contributed by atoms with Gasteiger partial charge in [-0.1, -0.05) is 6.92 Å². The number of anilines is 3. The highest BCUT2D eigenvalue weighted by Gasteiger charge is 2.38. The molecule has 9 heteroatoms. The van der Waals surface area contributed by atoms with E-state index in [0.717, 1.165) is 19.8 Å². The van der Waals surface area contributed by atoms with Crippen molar-refractivity contribution in [3.63, 3.8) is 0 Å². The number of aromatic nitrogens is 3. The molecular weight excluding hydrogens is 368 g/mol. The van der Waals surface area contributed by atoms with Gasteiger partial charge in [0.25, 0.3) is 0 Å². The maximum atomic E-state index is 13.7. The topological polar surface area (TPSA) is 89.0 Å². The number of amides is 1. The molecule has 7 nitrogen and oxygen atoms in total. The molecule has 0 spiro atoms. The highest BCUT2D eigenvalue weighted by Crippen LogP contribution is 2.45. The normalized spacial score (nSPS) is 15.1. The number of halogens is 2. The van der Waals surface area contributed by atoms with Crippen molar-refractivity contribution in [3.05, 3.63) is 29.8 Å². The Morgan fingerprint density at radius 1 is 1.29 bits per heavy atom. The Hall–Kier alpha value is -2.84. The second kappa shape index (κ2) is 7.29. The van der Waals surface area contributed by atoms with Crippen LogP contribution >= 0.6 is 0 Å². The minimum absolute atomic E-state index is 0.149. The van der Waals surface area contributed by atoms with Crippen LogP contribution in [-0.2, 0) is 10.7 Å². The molecule has 2 aromatic rings. The van der Waals surface area contributed by atoms with Gasteiger partial charge >= 0.3 is 5.92 Å². The summed E-state index contributed by atoms with van der Waals surface area (Å²) in [5.41, 5.74) is 1.01. The SMILES string of the molecule is CC(=O)Nc1cc(Nc2cc(C)nc(C(C)(F)F)n2)c(OCC2(C)CC2)cn1. The van der Waals surface area contributed by atoms with Crippen LogP contribution < -0.4 is 15.4 Å². The lowest BCUT2D eigenvalue weighted by atomic mass is 10.2. The van der Waals surface area contributed by atoms with Crippen LogP contribution in [0.5, 0.6) is 5.75 Å². The third-order valence-corrected chi connectivity index (χ3v) is 4.36. The number of pyridine rings is 1. The lowest BCUT2D eigenvalue weighted by Crippen LogP contribution is -2.15. The van der Waals surface area contributed by atoms with Gasteiger partial charge < -0.3 is 15.4 Å². The van der Waals surface area contributed by atoms with E-state index < -0.39 is 11.7 Å². The molecule has 1 aliphatic carbocycles. The number of aryl methyl sites for hydroxylation is 1. The molecule has 2 aromatic heterocycles. The number of alkyl halides is 2. The van der Waals surface area contributed by atoms with Crippen LogP contribution in [0, 0.1) is 12.3 Å². The monoisotopic (exact) mass is 391 g/mol. The number of nitrogens with one attached hydrogen (secondary N) is 2. The van der Waals surface area contributed by atoms with Gasteiger partial charge in [0.2, 0.25) is 11.7 Å². The van der Waals surface area contributed by atoms with Crippen molar-refractivity contribution < 1.29 is 18.3 Å². The van der Waals surface area contributed by atoms with Crippen molar-refractivity contribution in [2.75, 3.05) is 17.2 Å². The Kier molecular flexibility index (Phi) is 5.18. The Bertz CT molecular complexity index is 894. The second-order valence-electron chi connectivity index (χ2n) is 7.58. The van der Waals surface area contributed by atoms with E-state index in [1.807, 2.05) is 0 Å². The first kappa shape index (κ1) is 19.9. The van der Waals surface area contributed by atoms with Gasteiger partial charge in [0.05, 0.1) is 18.5 Å². The molecule has 2 heterocycles. The van der Waals surface area contributed by atoms with Gasteiger partial charge in [0.1, 0.15) is 11.6 Å². The summed E-state index contributed by atoms with van der Waals surface area (Å²) in [6.45, 7) is 6.38. The van der Waals surface area contributed by atoms with Crippen molar-refractivity contribution >= 4 is 23.2 Å². The van der Waals surface area contributed by atoms with E-state index >= 15 is 0 Å². The average Bonchev–Trinajstić information content (AvgIpc) is 3.30. The second-order valence-corrected chi connectivity index (χ2v) is 7.58. The Labute approximate surface area is 161 Å². The van der Waals surface area contributed by atoms with Crippen LogP contribution in [-0.4, -0.2) is 27.5 Å². The van der Waals surface area contributed by atoms with Gasteiger partial charge in [-0.25, -0.2) is 15.0 Å². The van der Waals surface area contributed by atoms with Gasteiger partial charge in [-0.2, -0.15) is 8.78 Å². The highest BCUT2D eigenvalue weighted by molar-refractivity contribution is 5.88. The summed E-state index contributed by atoms with van der Waals surface area (Å²) in [4.78, 5) is 23.2. The lowest BCUT2D eigenvalue weighted by Gasteiger charge is -2.17. The summed E-state index contributed by atoms with van der Waals surface area (Å²) < 4.78 is 33.2. The summed E-state index contributed by atoms with van der Waals surface area (Å²) in [5.74, 6) is -3.05. The molecule has 1 amide bonds. The fraction of sp³-hybridized carbons (Fsp3) is 0.474. The minimum atomic E-state index is -3.16. The fourth-order valence-electron chi connectivity index (χ4n) is 2.48. The van der Waals surface area contributed by atoms with Crippen molar-refractivity contribution in [1.29, 1.82) is 0 Å². The molecule has 150 valence electrons. The summed E-state index contributed by atoms with van der Waals surface area (Å²) in [6.07, 6.45) is 3.67. The molecule has 0 aromatic carbocycles. The van der Waals surface area contributed by atoms with Gasteiger partial charge in [-0.05, 0) is 19.8 Å². The number of nitrogens with zero attached hydrogens (tertiary/aromatic N) is 3. The molecule has 0 aliphatic heterocycles. The van der Waals surface area contributed by atoms with E-state index in [4.69, 9.17) is 4.74 Å². The standard InChI is InChI=1S/C19H23F2N5O2/c1-11-7-16(26-17(23-11)19(4,20)21)25-13-8-15(24-12(2)27)22-9-14(13)28-10-18(3)5-6-18/h7-9H,5-6,10H2,1-4H3,(H2,22,23,24,25,26,27). The summed E-state index contributed by atoms with van der Waals surface area (Å²) in [7, 11) is 0. The predicted molar refractivity (Wildman–Crippen MR) is 101 cm³/mol. The lowest BCUT2D eigenvalue weighted by molar-refractivity contribution is -0.114. The molecule has 1 fully saturated rings. The highest BCUT2D eigenvalue weighted by atomic mass is 19.3. The maximum Gasteiger partial charge on any atom is 0.303 e. The fourth-order valence-corrected chi connectivity index (χ4v) is 2.48. The predicted octanol–water partition coefficient (Wildman–Crippen LogP) is 4.17. The summed E-state index contributed by atoms with van der Waals surface area (Å²) >= 11 is 0. The minimum Gasteiger partial charge on any atom is -0.489 e. The third-order valence-electron chi connectivity index (χ3n) is 4.36. The molecule has 28 heavy (non-hydrogen) atoms. The molecule has 0 radical (unpaired) electrons. The van der Waals surface area contributed by atoms with Gasteiger partial charge in [-0.3, -0.25) is 4.79 Å². The van der Waals surface area contributed by atoms with Crippen LogP contribution in [0.4, 0.5) is 26.1 Å². The zero-order valence-electron chi connectivity index (χ0n) is 16.3. The van der Waals surface area contributed by atoms with E-state index in [9.17, 15) is 13.6 Å². The van der Waals surface area contributed by atoms with E-state index in [2.05, 4.69) is 32.5 Å². The van der Waals surface area contributed by atoms with E-state index in [1.165, 1.54) is 13.1 Å². The van der Waals surface area contributed by atoms with E-state index in [0.29, 0.717) is 29.6 Å². The van der Waals surface area contributed by atoms with Crippen LogP contribution in [0.1, 0.15) is 45.1 Å². The number of ether oxygens (including phenoxy) is 1. The quantitative estimate of drug-likeness (QED) is 0.736. The first-order valence-corrected chi connectivity index (χ1v) is 8.96. The smallest absolute Gasteiger partial charge is 0.303 e. The largest absolute Gasteiger partial charge is 0.489 e. The van der Waals surface area contributed by atoms with Crippen LogP contribution in [0.15, 0.2) is 18.3 Å². The summed E-state index contributed by atoms with van der Waals surface area (Å²) in [5, 5.41) is 5.59. The molecule has 1 saturated carbocycles. The molecular formula is C19H23F2N5O2. The number of rotatable bonds is 7. The number of hydrogen-bond donors (Lipinski definition) is 2. The molecule has 0 bridgehead atoms. The summed E-state index contributed by atoms with van der Waals surface area (Å²) in [6, 6.07) is 3.13. The van der Waals surface area contributed by atoms with Crippen molar-refractivity contribution in [1.82, 2.24) is 15.0 Å². The molecule has 0 saturated heterocycles. The van der Waals surface area contributed by atoms with Crippen LogP contribution in [0.3, 0.4) is 0 Å². The molecule has 1 aliphatic rings. The first-order valence-electron chi connectivity index (χ1n) is 8.96. The maximum absolute atomic E-state index is 13.7. The number of carbonyl (C=O) groups excluding carboxylic acids is 1. The van der Waals surface area contributed by atoms with Crippen LogP contribution in [0.2, 0.25) is 0 Å². The zero-order valence-corrected chi connectivity index (χ0v) is 16.3. The Balaban J connectivity index is 1.91. The Morgan fingerprint density at radius 2 is 2.00 bits per heavy atom. The Morgan fingerprint density at radius 3 is 2.61 bits per heavy atom. The molecule has 3 rings (SSSR count). The van der Waals surface area contributed by atoms with Crippen molar-refractivity contribution in [2.45, 2.75) is 46.5 Å². The first-order chi connectivity index (χ1) is 13.0. The van der Waals surface area contributed by atoms with Gasteiger partial charge in [0, 0.05) is 37.1 Å². The number of carbonyl (C=O) groups is 1. The molecule has 0 atom stereocenters. The van der Waals surface area contributed by atoms with E-state index in [1.54, 1.807) is 19.1 Å².